The van der Waals surface area contributed by atoms with Crippen molar-refractivity contribution in [2.75, 3.05) is 26.2 Å². The number of amides is 3. The number of urea groups is 1. The minimum atomic E-state index is -4.59. The molecule has 132 valence electrons. The van der Waals surface area contributed by atoms with Crippen molar-refractivity contribution in [3.05, 3.63) is 35.4 Å². The molecule has 1 heterocycles. The number of alkyl halides is 3. The van der Waals surface area contributed by atoms with Crippen LogP contribution in [0.1, 0.15) is 23.7 Å². The summed E-state index contributed by atoms with van der Waals surface area (Å²) in [6.45, 7) is 0.392. The molecular formula is C15H18F3N3O3. The third-order valence-corrected chi connectivity index (χ3v) is 3.62. The minimum absolute atomic E-state index is 0.209. The molecule has 3 N–H and O–H groups in total. The largest absolute Gasteiger partial charge is 0.416 e. The highest BCUT2D eigenvalue weighted by molar-refractivity contribution is 5.84. The lowest BCUT2D eigenvalue weighted by atomic mass is 10.0. The van der Waals surface area contributed by atoms with Crippen molar-refractivity contribution in [3.8, 4) is 0 Å². The van der Waals surface area contributed by atoms with Crippen molar-refractivity contribution in [3.63, 3.8) is 0 Å². The molecule has 0 saturated carbocycles. The number of carbonyl (C=O) groups excluding carboxylic acids is 2. The molecule has 0 spiro atoms. The summed E-state index contributed by atoms with van der Waals surface area (Å²) in [4.78, 5) is 24.6. The number of aliphatic hydroxyl groups is 1. The second kappa shape index (κ2) is 7.52. The molecule has 3 amide bonds. The predicted molar refractivity (Wildman–Crippen MR) is 79.0 cm³/mol. The second-order valence-electron chi connectivity index (χ2n) is 5.41. The molecule has 1 aliphatic rings. The van der Waals surface area contributed by atoms with E-state index in [9.17, 15) is 27.9 Å². The molecule has 1 aromatic rings. The fourth-order valence-corrected chi connectivity index (χ4v) is 2.42. The van der Waals surface area contributed by atoms with Crippen LogP contribution < -0.4 is 10.6 Å². The van der Waals surface area contributed by atoms with E-state index in [1.165, 1.54) is 17.0 Å². The van der Waals surface area contributed by atoms with Crippen LogP contribution in [0.4, 0.5) is 18.0 Å². The highest BCUT2D eigenvalue weighted by Gasteiger charge is 2.34. The number of rotatable bonds is 5. The molecule has 0 radical (unpaired) electrons. The Bertz CT molecular complexity index is 607. The highest BCUT2D eigenvalue weighted by atomic mass is 19.4. The predicted octanol–water partition coefficient (Wildman–Crippen LogP) is 1.27. The molecule has 1 saturated heterocycles. The Morgan fingerprint density at radius 1 is 1.38 bits per heavy atom. The number of hydrogen-bond donors (Lipinski definition) is 3. The van der Waals surface area contributed by atoms with E-state index in [2.05, 4.69) is 10.6 Å². The average Bonchev–Trinajstić information content (AvgIpc) is 2.54. The first-order valence-corrected chi connectivity index (χ1v) is 7.42. The fraction of sp³-hybridized carbons (Fsp3) is 0.467. The average molecular weight is 345 g/mol. The van der Waals surface area contributed by atoms with E-state index >= 15 is 0 Å². The monoisotopic (exact) mass is 345 g/mol. The molecule has 0 aliphatic carbocycles. The Kier molecular flexibility index (Phi) is 5.66. The van der Waals surface area contributed by atoms with E-state index in [1.807, 2.05) is 0 Å². The Hall–Kier alpha value is -2.29. The summed E-state index contributed by atoms with van der Waals surface area (Å²) in [7, 11) is 0. The van der Waals surface area contributed by atoms with Gasteiger partial charge in [0.25, 0.3) is 0 Å². The highest BCUT2D eigenvalue weighted by Crippen LogP contribution is 2.34. The van der Waals surface area contributed by atoms with Crippen LogP contribution in [-0.4, -0.2) is 48.1 Å². The number of aliphatic hydroxyl groups excluding tert-OH is 1. The van der Waals surface area contributed by atoms with Crippen LogP contribution >= 0.6 is 0 Å². The van der Waals surface area contributed by atoms with Crippen molar-refractivity contribution in [2.45, 2.75) is 18.7 Å². The second-order valence-corrected chi connectivity index (χ2v) is 5.41. The third kappa shape index (κ3) is 4.60. The van der Waals surface area contributed by atoms with Crippen LogP contribution in [0.3, 0.4) is 0 Å². The first kappa shape index (κ1) is 18.1. The molecule has 1 atom stereocenters. The molecule has 1 aromatic carbocycles. The van der Waals surface area contributed by atoms with E-state index in [1.54, 1.807) is 0 Å². The number of benzene rings is 1. The maximum atomic E-state index is 12.9. The van der Waals surface area contributed by atoms with Gasteiger partial charge in [-0.2, -0.15) is 13.2 Å². The van der Waals surface area contributed by atoms with Gasteiger partial charge in [0.15, 0.2) is 0 Å². The quantitative estimate of drug-likeness (QED) is 0.752. The normalized spacial score (nSPS) is 16.5. The standard InChI is InChI=1S/C15H18F3N3O3/c16-15(17,18)11-5-2-1-4-10(11)12(22)8-20-13(23)9-21-7-3-6-19-14(21)24/h1-2,4-5,12,22H,3,6-9H2,(H,19,24)(H,20,23)/t12-/m0/s1. The molecule has 9 heteroatoms. The van der Waals surface area contributed by atoms with Gasteiger partial charge in [-0.3, -0.25) is 4.79 Å². The zero-order valence-electron chi connectivity index (χ0n) is 12.8. The molecule has 24 heavy (non-hydrogen) atoms. The van der Waals surface area contributed by atoms with Gasteiger partial charge >= 0.3 is 12.2 Å². The number of halogens is 3. The Morgan fingerprint density at radius 2 is 2.08 bits per heavy atom. The summed E-state index contributed by atoms with van der Waals surface area (Å²) in [5.41, 5.74) is -1.25. The Morgan fingerprint density at radius 3 is 2.75 bits per heavy atom. The summed E-state index contributed by atoms with van der Waals surface area (Å²) in [5.74, 6) is -0.546. The maximum absolute atomic E-state index is 12.9. The minimum Gasteiger partial charge on any atom is -0.387 e. The van der Waals surface area contributed by atoms with Crippen molar-refractivity contribution in [2.24, 2.45) is 0 Å². The number of carbonyl (C=O) groups is 2. The molecule has 2 rings (SSSR count). The van der Waals surface area contributed by atoms with Crippen molar-refractivity contribution in [1.29, 1.82) is 0 Å². The van der Waals surface area contributed by atoms with E-state index in [0.717, 1.165) is 12.1 Å². The van der Waals surface area contributed by atoms with Crippen LogP contribution in [0.2, 0.25) is 0 Å². The smallest absolute Gasteiger partial charge is 0.387 e. The van der Waals surface area contributed by atoms with Crippen LogP contribution in [0, 0.1) is 0 Å². The van der Waals surface area contributed by atoms with Crippen molar-refractivity contribution < 1.29 is 27.9 Å². The number of nitrogens with one attached hydrogen (secondary N) is 2. The molecule has 6 nitrogen and oxygen atoms in total. The third-order valence-electron chi connectivity index (χ3n) is 3.62. The Balaban J connectivity index is 1.92. The van der Waals surface area contributed by atoms with E-state index in [-0.39, 0.29) is 24.7 Å². The van der Waals surface area contributed by atoms with Gasteiger partial charge in [0.2, 0.25) is 5.91 Å². The van der Waals surface area contributed by atoms with E-state index < -0.39 is 23.8 Å². The van der Waals surface area contributed by atoms with Gasteiger partial charge in [-0.15, -0.1) is 0 Å². The van der Waals surface area contributed by atoms with Crippen LogP contribution in [-0.2, 0) is 11.0 Å². The molecule has 0 aromatic heterocycles. The van der Waals surface area contributed by atoms with Gasteiger partial charge in [-0.1, -0.05) is 18.2 Å². The van der Waals surface area contributed by atoms with Crippen LogP contribution in [0.25, 0.3) is 0 Å². The SMILES string of the molecule is O=C(CN1CCCNC1=O)NC[C@H](O)c1ccccc1C(F)(F)F. The molecule has 0 bridgehead atoms. The first-order valence-electron chi connectivity index (χ1n) is 7.42. The van der Waals surface area contributed by atoms with Gasteiger partial charge in [-0.25, -0.2) is 4.79 Å². The molecule has 1 aliphatic heterocycles. The van der Waals surface area contributed by atoms with Gasteiger partial charge < -0.3 is 20.6 Å². The summed E-state index contributed by atoms with van der Waals surface area (Å²) >= 11 is 0. The first-order chi connectivity index (χ1) is 11.3. The lowest BCUT2D eigenvalue weighted by Gasteiger charge is -2.27. The van der Waals surface area contributed by atoms with Crippen molar-refractivity contribution >= 4 is 11.9 Å². The molecular weight excluding hydrogens is 327 g/mol. The summed E-state index contributed by atoms with van der Waals surface area (Å²) in [6, 6.07) is 4.29. The summed E-state index contributed by atoms with van der Waals surface area (Å²) in [6.07, 6.45) is -5.38. The maximum Gasteiger partial charge on any atom is 0.416 e. The van der Waals surface area contributed by atoms with Gasteiger partial charge in [-0.05, 0) is 18.1 Å². The topological polar surface area (TPSA) is 81.7 Å². The summed E-state index contributed by atoms with van der Waals surface area (Å²) in [5, 5.41) is 14.9. The van der Waals surface area contributed by atoms with Gasteiger partial charge in [0.05, 0.1) is 11.7 Å². The number of hydrogen-bond acceptors (Lipinski definition) is 3. The van der Waals surface area contributed by atoms with Crippen LogP contribution in [0.5, 0.6) is 0 Å². The molecule has 1 fully saturated rings. The van der Waals surface area contributed by atoms with E-state index in [0.29, 0.717) is 19.5 Å². The molecule has 0 unspecified atom stereocenters. The fourth-order valence-electron chi connectivity index (χ4n) is 2.42. The van der Waals surface area contributed by atoms with Gasteiger partial charge in [0.1, 0.15) is 6.54 Å². The van der Waals surface area contributed by atoms with Crippen LogP contribution in [0.15, 0.2) is 24.3 Å². The number of nitrogens with zero attached hydrogens (tertiary/aromatic N) is 1. The lowest BCUT2D eigenvalue weighted by Crippen LogP contribution is -2.50. The van der Waals surface area contributed by atoms with Gasteiger partial charge in [0, 0.05) is 19.6 Å². The van der Waals surface area contributed by atoms with E-state index in [4.69, 9.17) is 0 Å². The zero-order valence-corrected chi connectivity index (χ0v) is 12.8. The van der Waals surface area contributed by atoms with Crippen molar-refractivity contribution in [1.82, 2.24) is 15.5 Å². The Labute approximate surface area is 136 Å². The zero-order chi connectivity index (χ0) is 17.7. The lowest BCUT2D eigenvalue weighted by molar-refractivity contribution is -0.139. The summed E-state index contributed by atoms with van der Waals surface area (Å²) < 4.78 is 38.7.